The molecule has 110 valence electrons. The number of hydrogen-bond donors (Lipinski definition) is 2. The van der Waals surface area contributed by atoms with Gasteiger partial charge < -0.3 is 5.11 Å². The van der Waals surface area contributed by atoms with Gasteiger partial charge in [0.25, 0.3) is 0 Å². The Labute approximate surface area is 119 Å². The van der Waals surface area contributed by atoms with Crippen LogP contribution in [0.3, 0.4) is 0 Å². The number of nitrogens with one attached hydrogen (secondary N) is 1. The molecule has 20 heavy (non-hydrogen) atoms. The predicted octanol–water partition coefficient (Wildman–Crippen LogP) is 1.95. The Morgan fingerprint density at radius 1 is 1.40 bits per heavy atom. The van der Waals surface area contributed by atoms with Gasteiger partial charge in [0.2, 0.25) is 10.0 Å². The van der Waals surface area contributed by atoms with Gasteiger partial charge in [-0.05, 0) is 24.1 Å². The lowest BCUT2D eigenvalue weighted by atomic mass is 10.1. The maximum Gasteiger partial charge on any atom is 0.331 e. The lowest BCUT2D eigenvalue weighted by Crippen LogP contribution is -2.24. The lowest BCUT2D eigenvalue weighted by molar-refractivity contribution is -0.132. The molecule has 1 aromatic rings. The van der Waals surface area contributed by atoms with Gasteiger partial charge in [0.05, 0.1) is 4.90 Å². The highest BCUT2D eigenvalue weighted by molar-refractivity contribution is 7.89. The Morgan fingerprint density at radius 2 is 2.10 bits per heavy atom. The molecule has 0 saturated carbocycles. The normalized spacial score (nSPS) is 11.2. The minimum absolute atomic E-state index is 0.0264. The molecule has 5 nitrogen and oxygen atoms in total. The fourth-order valence-corrected chi connectivity index (χ4v) is 2.76. The molecule has 0 heterocycles. The number of sulfonamides is 1. The molecule has 0 aliphatic rings. The fraction of sp³-hybridized carbons (Fsp3) is 0.357. The molecular formula is C14H19NO4S. The summed E-state index contributed by atoms with van der Waals surface area (Å²) in [4.78, 5) is 10.9. The summed E-state index contributed by atoms with van der Waals surface area (Å²) in [7, 11) is -3.54. The van der Waals surface area contributed by atoms with Gasteiger partial charge in [-0.25, -0.2) is 17.9 Å². The Balaban J connectivity index is 2.87. The third-order valence-corrected chi connectivity index (χ3v) is 4.21. The lowest BCUT2D eigenvalue weighted by Gasteiger charge is -2.08. The molecule has 0 atom stereocenters. The van der Waals surface area contributed by atoms with E-state index in [1.165, 1.54) is 12.1 Å². The van der Waals surface area contributed by atoms with Gasteiger partial charge in [0.15, 0.2) is 0 Å². The Kier molecular flexibility index (Phi) is 5.91. The monoisotopic (exact) mass is 297 g/mol. The average Bonchev–Trinajstić information content (AvgIpc) is 2.39. The molecule has 0 saturated heterocycles. The van der Waals surface area contributed by atoms with Crippen LogP contribution >= 0.6 is 0 Å². The summed E-state index contributed by atoms with van der Waals surface area (Å²) in [5, 5.41) is 8.79. The van der Waals surface area contributed by atoms with Crippen molar-refractivity contribution < 1.29 is 18.3 Å². The van der Waals surface area contributed by atoms with Crippen LogP contribution in [0.4, 0.5) is 0 Å². The van der Waals surface area contributed by atoms with Crippen molar-refractivity contribution in [2.24, 2.45) is 0 Å². The zero-order valence-electron chi connectivity index (χ0n) is 11.4. The molecule has 0 amide bonds. The van der Waals surface area contributed by atoms with E-state index in [9.17, 15) is 13.2 Å². The summed E-state index contributed by atoms with van der Waals surface area (Å²) in [5.41, 5.74) is 0.634. The van der Waals surface area contributed by atoms with Crippen molar-refractivity contribution in [1.82, 2.24) is 4.72 Å². The highest BCUT2D eigenvalue weighted by Crippen LogP contribution is 2.14. The first kappa shape index (κ1) is 16.4. The number of rotatable bonds is 8. The maximum absolute atomic E-state index is 12.0. The molecule has 1 aromatic carbocycles. The molecule has 2 N–H and O–H groups in total. The van der Waals surface area contributed by atoms with Crippen LogP contribution in [-0.2, 0) is 21.2 Å². The second kappa shape index (κ2) is 7.21. The molecule has 0 aliphatic carbocycles. The van der Waals surface area contributed by atoms with Gasteiger partial charge in [0, 0.05) is 18.5 Å². The maximum atomic E-state index is 12.0. The van der Waals surface area contributed by atoms with E-state index in [0.29, 0.717) is 12.1 Å². The molecule has 0 fully saturated rings. The Hall–Kier alpha value is -1.66. The zero-order chi connectivity index (χ0) is 15.2. The minimum atomic E-state index is -3.54. The van der Waals surface area contributed by atoms with Crippen molar-refractivity contribution in [3.63, 3.8) is 0 Å². The van der Waals surface area contributed by atoms with Crippen LogP contribution in [0.1, 0.15) is 25.3 Å². The summed E-state index contributed by atoms with van der Waals surface area (Å²) in [6.45, 7) is 5.81. The summed E-state index contributed by atoms with van der Waals surface area (Å²) in [6, 6.07) is 6.24. The summed E-state index contributed by atoms with van der Waals surface area (Å²) in [6.07, 6.45) is 1.80. The molecule has 0 aliphatic heterocycles. The van der Waals surface area contributed by atoms with Crippen LogP contribution in [0.2, 0.25) is 0 Å². The van der Waals surface area contributed by atoms with E-state index < -0.39 is 16.0 Å². The number of carboxylic acid groups (broad SMARTS) is 1. The quantitative estimate of drug-likeness (QED) is 0.567. The van der Waals surface area contributed by atoms with Crippen LogP contribution < -0.4 is 4.72 Å². The fourth-order valence-electron chi connectivity index (χ4n) is 1.61. The van der Waals surface area contributed by atoms with Crippen molar-refractivity contribution in [3.8, 4) is 0 Å². The van der Waals surface area contributed by atoms with Crippen molar-refractivity contribution in [1.29, 1.82) is 0 Å². The minimum Gasteiger partial charge on any atom is -0.478 e. The van der Waals surface area contributed by atoms with Crippen LogP contribution in [0.25, 0.3) is 0 Å². The van der Waals surface area contributed by atoms with E-state index in [-0.39, 0.29) is 16.9 Å². The molecule has 6 heteroatoms. The largest absolute Gasteiger partial charge is 0.478 e. The molecule has 0 spiro atoms. The predicted molar refractivity (Wildman–Crippen MR) is 77.0 cm³/mol. The standard InChI is InChI=1S/C14H19NO4S/c1-3-4-8-15-20(18,19)13-7-5-6-12(10-13)9-11(2)14(16)17/h5-7,10,15H,2-4,8-9H2,1H3,(H,16,17). The smallest absolute Gasteiger partial charge is 0.331 e. The van der Waals surface area contributed by atoms with Gasteiger partial charge in [-0.1, -0.05) is 32.1 Å². The van der Waals surface area contributed by atoms with E-state index in [1.807, 2.05) is 6.92 Å². The number of aliphatic carboxylic acids is 1. The summed E-state index contributed by atoms with van der Waals surface area (Å²) in [5.74, 6) is -1.08. The summed E-state index contributed by atoms with van der Waals surface area (Å²) < 4.78 is 26.6. The molecule has 1 rings (SSSR count). The molecular weight excluding hydrogens is 278 g/mol. The van der Waals surface area contributed by atoms with Crippen molar-refractivity contribution in [2.75, 3.05) is 6.54 Å². The topological polar surface area (TPSA) is 83.5 Å². The van der Waals surface area contributed by atoms with E-state index in [1.54, 1.807) is 12.1 Å². The molecule has 0 unspecified atom stereocenters. The zero-order valence-corrected chi connectivity index (χ0v) is 12.2. The first-order valence-corrected chi connectivity index (χ1v) is 7.85. The van der Waals surface area contributed by atoms with Crippen LogP contribution in [0, 0.1) is 0 Å². The number of unbranched alkanes of at least 4 members (excludes halogenated alkanes) is 1. The SMILES string of the molecule is C=C(Cc1cccc(S(=O)(=O)NCCCC)c1)C(=O)O. The Morgan fingerprint density at radius 3 is 2.70 bits per heavy atom. The van der Waals surface area contributed by atoms with E-state index >= 15 is 0 Å². The van der Waals surface area contributed by atoms with Gasteiger partial charge in [0.1, 0.15) is 0 Å². The highest BCUT2D eigenvalue weighted by Gasteiger charge is 2.14. The molecule has 0 aromatic heterocycles. The van der Waals surface area contributed by atoms with Gasteiger partial charge >= 0.3 is 5.97 Å². The average molecular weight is 297 g/mol. The van der Waals surface area contributed by atoms with Crippen LogP contribution in [0.5, 0.6) is 0 Å². The summed E-state index contributed by atoms with van der Waals surface area (Å²) >= 11 is 0. The first-order chi connectivity index (χ1) is 9.36. The molecule has 0 bridgehead atoms. The van der Waals surface area contributed by atoms with E-state index in [4.69, 9.17) is 5.11 Å². The number of carbonyl (C=O) groups is 1. The number of hydrogen-bond acceptors (Lipinski definition) is 3. The van der Waals surface area contributed by atoms with Crippen molar-refractivity contribution in [3.05, 3.63) is 42.0 Å². The van der Waals surface area contributed by atoms with Crippen LogP contribution in [-0.4, -0.2) is 26.0 Å². The van der Waals surface area contributed by atoms with Crippen molar-refractivity contribution >= 4 is 16.0 Å². The van der Waals surface area contributed by atoms with Crippen LogP contribution in [0.15, 0.2) is 41.3 Å². The van der Waals surface area contributed by atoms with Crippen molar-refractivity contribution in [2.45, 2.75) is 31.1 Å². The number of benzene rings is 1. The highest BCUT2D eigenvalue weighted by atomic mass is 32.2. The van der Waals surface area contributed by atoms with Gasteiger partial charge in [-0.3, -0.25) is 0 Å². The third-order valence-electron chi connectivity index (χ3n) is 2.75. The Bertz CT molecular complexity index is 593. The van der Waals surface area contributed by atoms with E-state index in [0.717, 1.165) is 12.8 Å². The van der Waals surface area contributed by atoms with E-state index in [2.05, 4.69) is 11.3 Å². The molecule has 0 radical (unpaired) electrons. The number of carboxylic acids is 1. The second-order valence-corrected chi connectivity index (χ2v) is 6.25. The third kappa shape index (κ3) is 4.79. The van der Waals surface area contributed by atoms with Gasteiger partial charge in [-0.15, -0.1) is 0 Å². The van der Waals surface area contributed by atoms with Gasteiger partial charge in [-0.2, -0.15) is 0 Å². The second-order valence-electron chi connectivity index (χ2n) is 4.48. The first-order valence-electron chi connectivity index (χ1n) is 6.36.